The number of nitrogens with zero attached hydrogens (tertiary/aromatic N) is 5. The van der Waals surface area contributed by atoms with Crippen molar-refractivity contribution in [2.45, 2.75) is 36.2 Å². The molecule has 5 rings (SSSR count). The number of hydrogen-bond acceptors (Lipinski definition) is 8. The minimum absolute atomic E-state index is 0.0132. The third-order valence-corrected chi connectivity index (χ3v) is 6.22. The fourth-order valence-corrected chi connectivity index (χ4v) is 4.74. The van der Waals surface area contributed by atoms with E-state index < -0.39 is 11.0 Å². The molecule has 0 spiro atoms. The van der Waals surface area contributed by atoms with E-state index in [9.17, 15) is 14.9 Å². The van der Waals surface area contributed by atoms with E-state index in [1.54, 1.807) is 29.1 Å². The number of carbonyl (C=O) groups excluding carboxylic acids is 1. The van der Waals surface area contributed by atoms with Crippen LogP contribution < -0.4 is 5.32 Å². The molecule has 1 N–H and O–H groups in total. The Bertz CT molecular complexity index is 1210. The molecule has 1 aliphatic carbocycles. The van der Waals surface area contributed by atoms with Crippen molar-refractivity contribution >= 4 is 29.2 Å². The highest BCUT2D eigenvalue weighted by atomic mass is 32.2. The fraction of sp³-hybridized carbons (Fsp3) is 0.238. The average Bonchev–Trinajstić information content (AvgIpc) is 3.19. The summed E-state index contributed by atoms with van der Waals surface area (Å²) in [7, 11) is 0. The summed E-state index contributed by atoms with van der Waals surface area (Å²) in [4.78, 5) is 33.1. The van der Waals surface area contributed by atoms with E-state index in [0.29, 0.717) is 40.8 Å². The number of para-hydroxylation sites is 1. The maximum absolute atomic E-state index is 12.9. The van der Waals surface area contributed by atoms with Gasteiger partial charge in [0, 0.05) is 35.7 Å². The van der Waals surface area contributed by atoms with E-state index in [1.807, 2.05) is 18.2 Å². The third kappa shape index (κ3) is 3.59. The number of nitro benzene ring substituents is 1. The lowest BCUT2D eigenvalue weighted by Gasteiger charge is -2.31. The van der Waals surface area contributed by atoms with Crippen molar-refractivity contribution in [1.82, 2.24) is 19.7 Å². The lowest BCUT2D eigenvalue weighted by Crippen LogP contribution is -2.31. The largest absolute Gasteiger partial charge is 0.328 e. The normalized spacial score (nSPS) is 17.7. The van der Waals surface area contributed by atoms with Gasteiger partial charge in [0.2, 0.25) is 11.1 Å². The minimum atomic E-state index is -0.683. The van der Waals surface area contributed by atoms with Crippen LogP contribution in [0.25, 0.3) is 0 Å². The lowest BCUT2D eigenvalue weighted by molar-refractivity contribution is -0.385. The van der Waals surface area contributed by atoms with Gasteiger partial charge in [-0.3, -0.25) is 19.9 Å². The van der Waals surface area contributed by atoms with Crippen LogP contribution in [0.1, 0.15) is 36.6 Å². The van der Waals surface area contributed by atoms with E-state index in [4.69, 9.17) is 0 Å². The topological polar surface area (TPSA) is 116 Å². The number of aromatic nitrogens is 4. The number of anilines is 1. The standard InChI is InChI=1S/C21H18N6O3S/c28-17-10-5-8-15-18(17)19(14-7-1-2-9-16(14)27(29)30)26-20(23-15)24-21(25-26)31-12-13-6-3-4-11-22-13/h1-4,6-7,9,11,19H,5,8,10,12H2,(H,23,24,25)/t19-/m0/s1. The minimum Gasteiger partial charge on any atom is -0.328 e. The number of fused-ring (bicyclic) bond motifs is 1. The quantitative estimate of drug-likeness (QED) is 0.365. The Morgan fingerprint density at radius 3 is 2.84 bits per heavy atom. The molecule has 2 aliphatic rings. The first-order chi connectivity index (χ1) is 15.1. The molecular weight excluding hydrogens is 416 g/mol. The van der Waals surface area contributed by atoms with Gasteiger partial charge in [0.25, 0.3) is 5.69 Å². The number of nitro groups is 1. The summed E-state index contributed by atoms with van der Waals surface area (Å²) in [5.41, 5.74) is 2.61. The van der Waals surface area contributed by atoms with Crippen molar-refractivity contribution in [3.05, 3.63) is 81.3 Å². The van der Waals surface area contributed by atoms with Crippen molar-refractivity contribution in [3.63, 3.8) is 0 Å². The van der Waals surface area contributed by atoms with Gasteiger partial charge in [-0.1, -0.05) is 30.0 Å². The van der Waals surface area contributed by atoms with Crippen LogP contribution in [-0.4, -0.2) is 30.5 Å². The summed E-state index contributed by atoms with van der Waals surface area (Å²) in [6.07, 6.45) is 3.59. The molecule has 2 aromatic heterocycles. The Balaban J connectivity index is 1.57. The molecule has 0 bridgehead atoms. The molecule has 3 aromatic rings. The summed E-state index contributed by atoms with van der Waals surface area (Å²) in [6, 6.07) is 11.5. The Hall–Kier alpha value is -3.53. The number of allylic oxidation sites excluding steroid dienone is 2. The molecule has 31 heavy (non-hydrogen) atoms. The zero-order valence-corrected chi connectivity index (χ0v) is 17.2. The Kier molecular flexibility index (Phi) is 4.99. The summed E-state index contributed by atoms with van der Waals surface area (Å²) >= 11 is 1.43. The average molecular weight is 434 g/mol. The molecular formula is C21H18N6O3S. The van der Waals surface area contributed by atoms with Crippen molar-refractivity contribution in [1.29, 1.82) is 0 Å². The Morgan fingerprint density at radius 2 is 2.03 bits per heavy atom. The molecule has 0 saturated heterocycles. The van der Waals surface area contributed by atoms with E-state index in [1.165, 1.54) is 17.8 Å². The van der Waals surface area contributed by atoms with Crippen molar-refractivity contribution < 1.29 is 9.72 Å². The maximum atomic E-state index is 12.9. The number of hydrogen-bond donors (Lipinski definition) is 1. The van der Waals surface area contributed by atoms with Crippen molar-refractivity contribution in [3.8, 4) is 0 Å². The van der Waals surface area contributed by atoms with Gasteiger partial charge in [-0.25, -0.2) is 4.68 Å². The molecule has 0 saturated carbocycles. The Labute approximate surface area is 181 Å². The van der Waals surface area contributed by atoms with Crippen molar-refractivity contribution in [2.24, 2.45) is 0 Å². The highest BCUT2D eigenvalue weighted by Gasteiger charge is 2.39. The van der Waals surface area contributed by atoms with Gasteiger partial charge in [0.15, 0.2) is 5.78 Å². The second-order valence-corrected chi connectivity index (χ2v) is 8.23. The van der Waals surface area contributed by atoms with Gasteiger partial charge in [-0.2, -0.15) is 4.98 Å². The number of carbonyl (C=O) groups is 1. The van der Waals surface area contributed by atoms with Crippen LogP contribution in [0.2, 0.25) is 0 Å². The number of pyridine rings is 1. The monoisotopic (exact) mass is 434 g/mol. The second-order valence-electron chi connectivity index (χ2n) is 7.28. The SMILES string of the molecule is O=C1CCCC2=C1[C@H](c1ccccc1[N+](=O)[O-])n1nc(SCc3ccccn3)nc1N2. The van der Waals surface area contributed by atoms with Crippen LogP contribution in [0.3, 0.4) is 0 Å². The van der Waals surface area contributed by atoms with Gasteiger partial charge in [-0.05, 0) is 31.0 Å². The summed E-state index contributed by atoms with van der Waals surface area (Å²) in [5, 5.41) is 20.1. The van der Waals surface area contributed by atoms with Crippen molar-refractivity contribution in [2.75, 3.05) is 5.32 Å². The number of ketones is 1. The predicted octanol–water partition coefficient (Wildman–Crippen LogP) is 3.90. The maximum Gasteiger partial charge on any atom is 0.275 e. The first kappa shape index (κ1) is 19.4. The van der Waals surface area contributed by atoms with Gasteiger partial charge in [0.05, 0.1) is 16.2 Å². The second kappa shape index (κ2) is 7.95. The molecule has 0 radical (unpaired) electrons. The molecule has 1 atom stereocenters. The zero-order valence-electron chi connectivity index (χ0n) is 16.4. The van der Waals surface area contributed by atoms with Crippen LogP contribution in [0, 0.1) is 10.1 Å². The molecule has 156 valence electrons. The van der Waals surface area contributed by atoms with Gasteiger partial charge in [-0.15, -0.1) is 5.10 Å². The molecule has 0 unspecified atom stereocenters. The first-order valence-corrected chi connectivity index (χ1v) is 10.9. The van der Waals surface area contributed by atoms with Crippen LogP contribution in [0.4, 0.5) is 11.6 Å². The first-order valence-electron chi connectivity index (χ1n) is 9.87. The summed E-state index contributed by atoms with van der Waals surface area (Å²) < 4.78 is 1.60. The smallest absolute Gasteiger partial charge is 0.275 e. The molecule has 1 aromatic carbocycles. The summed E-state index contributed by atoms with van der Waals surface area (Å²) in [6.45, 7) is 0. The number of Topliss-reactive ketones (excluding diaryl/α,β-unsaturated/α-hetero) is 1. The number of benzene rings is 1. The van der Waals surface area contributed by atoms with Crippen LogP contribution in [-0.2, 0) is 10.5 Å². The highest BCUT2D eigenvalue weighted by molar-refractivity contribution is 7.98. The predicted molar refractivity (Wildman–Crippen MR) is 115 cm³/mol. The molecule has 1 aliphatic heterocycles. The van der Waals surface area contributed by atoms with E-state index in [2.05, 4.69) is 20.4 Å². The van der Waals surface area contributed by atoms with Crippen LogP contribution in [0.5, 0.6) is 0 Å². The van der Waals surface area contributed by atoms with Gasteiger partial charge < -0.3 is 5.32 Å². The molecule has 10 heteroatoms. The van der Waals surface area contributed by atoms with E-state index in [0.717, 1.165) is 17.8 Å². The Morgan fingerprint density at radius 1 is 1.19 bits per heavy atom. The molecule has 9 nitrogen and oxygen atoms in total. The number of nitrogens with one attached hydrogen (secondary N) is 1. The number of thioether (sulfide) groups is 1. The lowest BCUT2D eigenvalue weighted by atomic mass is 9.85. The zero-order chi connectivity index (χ0) is 21.4. The van der Waals surface area contributed by atoms with E-state index in [-0.39, 0.29) is 11.5 Å². The number of rotatable bonds is 5. The van der Waals surface area contributed by atoms with Crippen LogP contribution >= 0.6 is 11.8 Å². The van der Waals surface area contributed by atoms with E-state index >= 15 is 0 Å². The molecule has 3 heterocycles. The third-order valence-electron chi connectivity index (χ3n) is 5.35. The molecule has 0 fully saturated rings. The van der Waals surface area contributed by atoms with Crippen LogP contribution in [0.15, 0.2) is 65.1 Å². The summed E-state index contributed by atoms with van der Waals surface area (Å²) in [5.74, 6) is 1.06. The fourth-order valence-electron chi connectivity index (χ4n) is 3.99. The van der Waals surface area contributed by atoms with Gasteiger partial charge >= 0.3 is 0 Å². The highest BCUT2D eigenvalue weighted by Crippen LogP contribution is 2.43. The van der Waals surface area contributed by atoms with Gasteiger partial charge in [0.1, 0.15) is 6.04 Å². The molecule has 0 amide bonds.